The van der Waals surface area contributed by atoms with Crippen LogP contribution in [0.25, 0.3) is 0 Å². The molecule has 0 bridgehead atoms. The first kappa shape index (κ1) is 14.9. The quantitative estimate of drug-likeness (QED) is 0.677. The fourth-order valence-electron chi connectivity index (χ4n) is 2.70. The number of nitrogens with two attached hydrogens (primary N) is 1. The molecule has 1 aliphatic heterocycles. The molecule has 5 nitrogen and oxygen atoms in total. The average molecular weight is 277 g/mol. The fourth-order valence-corrected chi connectivity index (χ4v) is 2.70. The Morgan fingerprint density at radius 1 is 1.55 bits per heavy atom. The maximum absolute atomic E-state index is 6.12. The van der Waals surface area contributed by atoms with Crippen LogP contribution in [-0.2, 0) is 13.1 Å². The number of hydrogen-bond acceptors (Lipinski definition) is 2. The minimum absolute atomic E-state index is 0.566. The molecule has 5 heteroatoms. The van der Waals surface area contributed by atoms with E-state index in [2.05, 4.69) is 40.2 Å². The van der Waals surface area contributed by atoms with Crippen molar-refractivity contribution in [2.45, 2.75) is 46.7 Å². The molecule has 2 rings (SSSR count). The Morgan fingerprint density at radius 3 is 3.05 bits per heavy atom. The molecule has 1 aromatic heterocycles. The second-order valence-corrected chi connectivity index (χ2v) is 6.26. The lowest BCUT2D eigenvalue weighted by Crippen LogP contribution is -2.43. The molecule has 1 saturated heterocycles. The number of rotatable bonds is 4. The minimum atomic E-state index is 0.566. The van der Waals surface area contributed by atoms with Gasteiger partial charge in [-0.25, -0.2) is 9.98 Å². The summed E-state index contributed by atoms with van der Waals surface area (Å²) in [5.41, 5.74) is 6.12. The van der Waals surface area contributed by atoms with E-state index >= 15 is 0 Å². The third-order valence-electron chi connectivity index (χ3n) is 3.73. The largest absolute Gasteiger partial charge is 0.370 e. The predicted molar refractivity (Wildman–Crippen MR) is 82.4 cm³/mol. The van der Waals surface area contributed by atoms with E-state index in [9.17, 15) is 0 Å². The monoisotopic (exact) mass is 277 g/mol. The lowest BCUT2D eigenvalue weighted by atomic mass is 10.0. The van der Waals surface area contributed by atoms with Crippen LogP contribution in [0.5, 0.6) is 0 Å². The van der Waals surface area contributed by atoms with Gasteiger partial charge in [0.15, 0.2) is 5.96 Å². The summed E-state index contributed by atoms with van der Waals surface area (Å²) in [6.45, 7) is 10.3. The van der Waals surface area contributed by atoms with Crippen molar-refractivity contribution in [3.8, 4) is 0 Å². The normalized spacial score (nSPS) is 20.7. The average Bonchev–Trinajstić information content (AvgIpc) is 2.82. The molecule has 0 radical (unpaired) electrons. The van der Waals surface area contributed by atoms with E-state index in [0.717, 1.165) is 25.5 Å². The van der Waals surface area contributed by atoms with Gasteiger partial charge in [-0.1, -0.05) is 20.8 Å². The van der Waals surface area contributed by atoms with Gasteiger partial charge >= 0.3 is 0 Å². The third kappa shape index (κ3) is 3.99. The van der Waals surface area contributed by atoms with Gasteiger partial charge in [0.2, 0.25) is 0 Å². The van der Waals surface area contributed by atoms with Crippen LogP contribution in [0, 0.1) is 11.8 Å². The van der Waals surface area contributed by atoms with Gasteiger partial charge in [-0.3, -0.25) is 0 Å². The summed E-state index contributed by atoms with van der Waals surface area (Å²) in [7, 11) is 0. The first-order valence-corrected chi connectivity index (χ1v) is 7.61. The second kappa shape index (κ2) is 6.77. The molecular formula is C15H27N5. The first-order chi connectivity index (χ1) is 9.56. The van der Waals surface area contributed by atoms with Crippen LogP contribution in [-0.4, -0.2) is 33.5 Å². The Kier molecular flexibility index (Phi) is 5.04. The van der Waals surface area contributed by atoms with Gasteiger partial charge in [0, 0.05) is 32.0 Å². The number of imidazole rings is 1. The number of piperidine rings is 1. The number of aliphatic imine (C=N–C) groups is 1. The molecule has 112 valence electrons. The Labute approximate surface area is 121 Å². The van der Waals surface area contributed by atoms with Crippen molar-refractivity contribution in [2.75, 3.05) is 13.1 Å². The Morgan fingerprint density at radius 2 is 2.35 bits per heavy atom. The van der Waals surface area contributed by atoms with Crippen molar-refractivity contribution in [1.82, 2.24) is 14.5 Å². The van der Waals surface area contributed by atoms with E-state index in [1.165, 1.54) is 12.8 Å². The minimum Gasteiger partial charge on any atom is -0.370 e. The van der Waals surface area contributed by atoms with Crippen molar-refractivity contribution in [1.29, 1.82) is 0 Å². The highest BCUT2D eigenvalue weighted by atomic mass is 15.3. The summed E-state index contributed by atoms with van der Waals surface area (Å²) in [5, 5.41) is 0. The SMILES string of the molecule is CC(C)Cn1ccnc1CN=C(N)N1CCCC(C)C1. The zero-order valence-corrected chi connectivity index (χ0v) is 12.9. The van der Waals surface area contributed by atoms with E-state index in [1.807, 2.05) is 12.4 Å². The molecule has 1 aliphatic rings. The summed E-state index contributed by atoms with van der Waals surface area (Å²) < 4.78 is 2.17. The molecule has 1 aromatic rings. The van der Waals surface area contributed by atoms with Crippen molar-refractivity contribution < 1.29 is 0 Å². The highest BCUT2D eigenvalue weighted by Gasteiger charge is 2.17. The molecule has 0 amide bonds. The molecule has 0 aromatic carbocycles. The molecule has 1 unspecified atom stereocenters. The summed E-state index contributed by atoms with van der Waals surface area (Å²) in [5.74, 6) is 2.97. The van der Waals surface area contributed by atoms with E-state index in [-0.39, 0.29) is 0 Å². The van der Waals surface area contributed by atoms with Crippen molar-refractivity contribution in [2.24, 2.45) is 22.6 Å². The summed E-state index contributed by atoms with van der Waals surface area (Å²) >= 11 is 0. The molecule has 1 atom stereocenters. The second-order valence-electron chi connectivity index (χ2n) is 6.26. The van der Waals surface area contributed by atoms with Gasteiger partial charge in [0.25, 0.3) is 0 Å². The number of likely N-dealkylation sites (tertiary alicyclic amines) is 1. The molecule has 0 aliphatic carbocycles. The van der Waals surface area contributed by atoms with Crippen LogP contribution in [0.15, 0.2) is 17.4 Å². The van der Waals surface area contributed by atoms with Gasteiger partial charge in [0.1, 0.15) is 12.4 Å². The summed E-state index contributed by atoms with van der Waals surface area (Å²) in [4.78, 5) is 11.1. The van der Waals surface area contributed by atoms with Gasteiger partial charge in [-0.15, -0.1) is 0 Å². The highest BCUT2D eigenvalue weighted by Crippen LogP contribution is 2.15. The number of hydrogen-bond donors (Lipinski definition) is 1. The Bertz CT molecular complexity index is 449. The highest BCUT2D eigenvalue weighted by molar-refractivity contribution is 5.78. The van der Waals surface area contributed by atoms with Crippen LogP contribution in [0.1, 0.15) is 39.4 Å². The Balaban J connectivity index is 1.96. The van der Waals surface area contributed by atoms with Crippen LogP contribution in [0.2, 0.25) is 0 Å². The van der Waals surface area contributed by atoms with Gasteiger partial charge in [-0.2, -0.15) is 0 Å². The zero-order chi connectivity index (χ0) is 14.5. The molecule has 2 N–H and O–H groups in total. The zero-order valence-electron chi connectivity index (χ0n) is 12.9. The third-order valence-corrected chi connectivity index (χ3v) is 3.73. The van der Waals surface area contributed by atoms with E-state index in [1.54, 1.807) is 0 Å². The summed E-state index contributed by atoms with van der Waals surface area (Å²) in [6, 6.07) is 0. The van der Waals surface area contributed by atoms with Crippen LogP contribution in [0.4, 0.5) is 0 Å². The molecule has 2 heterocycles. The molecular weight excluding hydrogens is 250 g/mol. The van der Waals surface area contributed by atoms with E-state index in [4.69, 9.17) is 5.73 Å². The molecule has 1 fully saturated rings. The molecule has 0 saturated carbocycles. The van der Waals surface area contributed by atoms with Crippen LogP contribution >= 0.6 is 0 Å². The van der Waals surface area contributed by atoms with Crippen LogP contribution in [0.3, 0.4) is 0 Å². The van der Waals surface area contributed by atoms with Gasteiger partial charge in [0.05, 0.1) is 0 Å². The molecule has 0 spiro atoms. The van der Waals surface area contributed by atoms with Crippen LogP contribution < -0.4 is 5.73 Å². The lowest BCUT2D eigenvalue weighted by molar-refractivity contribution is 0.270. The number of aromatic nitrogens is 2. The lowest BCUT2D eigenvalue weighted by Gasteiger charge is -2.31. The maximum atomic E-state index is 6.12. The van der Waals surface area contributed by atoms with Crippen molar-refractivity contribution >= 4 is 5.96 Å². The predicted octanol–water partition coefficient (Wildman–Crippen LogP) is 2.09. The van der Waals surface area contributed by atoms with Crippen molar-refractivity contribution in [3.05, 3.63) is 18.2 Å². The topological polar surface area (TPSA) is 59.4 Å². The van der Waals surface area contributed by atoms with Gasteiger partial charge < -0.3 is 15.2 Å². The maximum Gasteiger partial charge on any atom is 0.191 e. The number of nitrogens with zero attached hydrogens (tertiary/aromatic N) is 4. The van der Waals surface area contributed by atoms with E-state index in [0.29, 0.717) is 24.3 Å². The van der Waals surface area contributed by atoms with Gasteiger partial charge in [-0.05, 0) is 24.7 Å². The first-order valence-electron chi connectivity index (χ1n) is 7.61. The fraction of sp³-hybridized carbons (Fsp3) is 0.733. The standard InChI is InChI=1S/C15H27N5/c1-12(2)10-19-8-6-17-14(19)9-18-15(16)20-7-4-5-13(3)11-20/h6,8,12-13H,4-5,7,9-11H2,1-3H3,(H2,16,18). The Hall–Kier alpha value is -1.52. The summed E-state index contributed by atoms with van der Waals surface area (Å²) in [6.07, 6.45) is 6.36. The molecule has 20 heavy (non-hydrogen) atoms. The number of guanidine groups is 1. The smallest absolute Gasteiger partial charge is 0.191 e. The van der Waals surface area contributed by atoms with Crippen molar-refractivity contribution in [3.63, 3.8) is 0 Å². The van der Waals surface area contributed by atoms with E-state index < -0.39 is 0 Å².